The maximum absolute atomic E-state index is 11.4. The van der Waals surface area contributed by atoms with Gasteiger partial charge in [0.05, 0.1) is 16.9 Å². The first-order chi connectivity index (χ1) is 12.0. The lowest BCUT2D eigenvalue weighted by Crippen LogP contribution is -2.16. The fourth-order valence-corrected chi connectivity index (χ4v) is 2.57. The van der Waals surface area contributed by atoms with E-state index in [4.69, 9.17) is 5.73 Å². The van der Waals surface area contributed by atoms with E-state index in [0.717, 1.165) is 30.7 Å². The Balaban J connectivity index is 1.92. The molecule has 7 heteroatoms. The van der Waals surface area contributed by atoms with Crippen LogP contribution in [0.25, 0.3) is 5.52 Å². The van der Waals surface area contributed by atoms with Gasteiger partial charge in [-0.2, -0.15) is 0 Å². The van der Waals surface area contributed by atoms with Crippen LogP contribution in [0.2, 0.25) is 0 Å². The van der Waals surface area contributed by atoms with E-state index in [1.807, 2.05) is 38.5 Å². The average molecular weight is 338 g/mol. The zero-order valence-electron chi connectivity index (χ0n) is 14.4. The van der Waals surface area contributed by atoms with Crippen molar-refractivity contribution >= 4 is 28.5 Å². The number of hydrogen-bond acceptors (Lipinski definition) is 6. The second kappa shape index (κ2) is 7.31. The van der Waals surface area contributed by atoms with Gasteiger partial charge in [0.15, 0.2) is 11.6 Å². The molecule has 25 heavy (non-hydrogen) atoms. The van der Waals surface area contributed by atoms with Gasteiger partial charge >= 0.3 is 0 Å². The molecular weight excluding hydrogens is 316 g/mol. The van der Waals surface area contributed by atoms with Gasteiger partial charge in [-0.05, 0) is 51.3 Å². The highest BCUT2D eigenvalue weighted by atomic mass is 16.1. The molecule has 0 amide bonds. The van der Waals surface area contributed by atoms with E-state index >= 15 is 0 Å². The Hall–Kier alpha value is -2.93. The van der Waals surface area contributed by atoms with Gasteiger partial charge in [0.1, 0.15) is 5.69 Å². The van der Waals surface area contributed by atoms with Crippen LogP contribution in [0.1, 0.15) is 6.42 Å². The van der Waals surface area contributed by atoms with Crippen molar-refractivity contribution in [2.45, 2.75) is 6.42 Å². The van der Waals surface area contributed by atoms with Crippen LogP contribution in [0.5, 0.6) is 0 Å². The molecule has 0 atom stereocenters. The molecule has 3 rings (SSSR count). The second-order valence-electron chi connectivity index (χ2n) is 6.14. The summed E-state index contributed by atoms with van der Waals surface area (Å²) >= 11 is 0. The number of pyridine rings is 1. The predicted molar refractivity (Wildman–Crippen MR) is 100 cm³/mol. The van der Waals surface area contributed by atoms with Crippen molar-refractivity contribution in [1.29, 1.82) is 0 Å². The minimum Gasteiger partial charge on any atom is -0.397 e. The number of rotatable bonds is 6. The van der Waals surface area contributed by atoms with Crippen LogP contribution >= 0.6 is 0 Å². The Kier molecular flexibility index (Phi) is 4.95. The zero-order chi connectivity index (χ0) is 17.8. The fraction of sp³-hybridized carbons (Fsp3) is 0.278. The van der Waals surface area contributed by atoms with Crippen LogP contribution in [-0.2, 0) is 4.79 Å². The highest BCUT2D eigenvalue weighted by Crippen LogP contribution is 2.30. The Morgan fingerprint density at radius 2 is 2.16 bits per heavy atom. The summed E-state index contributed by atoms with van der Waals surface area (Å²) in [6.45, 7) is 1.78. The zero-order valence-corrected chi connectivity index (χ0v) is 14.4. The molecule has 0 saturated heterocycles. The summed E-state index contributed by atoms with van der Waals surface area (Å²) in [4.78, 5) is 18.2. The molecule has 0 saturated carbocycles. The van der Waals surface area contributed by atoms with Gasteiger partial charge in [-0.1, -0.05) is 6.07 Å². The lowest BCUT2D eigenvalue weighted by atomic mass is 10.1. The lowest BCUT2D eigenvalue weighted by Gasteiger charge is -2.10. The largest absolute Gasteiger partial charge is 0.397 e. The van der Waals surface area contributed by atoms with E-state index in [0.29, 0.717) is 17.2 Å². The summed E-state index contributed by atoms with van der Waals surface area (Å²) in [5.41, 5.74) is 8.46. The van der Waals surface area contributed by atoms with Crippen molar-refractivity contribution in [3.05, 3.63) is 48.3 Å². The van der Waals surface area contributed by atoms with Crippen LogP contribution in [0, 0.1) is 0 Å². The summed E-state index contributed by atoms with van der Waals surface area (Å²) in [5.74, 6) is 0.578. The topological polar surface area (TPSA) is 88.0 Å². The molecule has 0 fully saturated rings. The van der Waals surface area contributed by atoms with Crippen molar-refractivity contribution in [3.63, 3.8) is 0 Å². The van der Waals surface area contributed by atoms with Crippen molar-refractivity contribution in [2.24, 2.45) is 10.7 Å². The van der Waals surface area contributed by atoms with Gasteiger partial charge < -0.3 is 16.0 Å². The molecule has 7 nitrogen and oxygen atoms in total. The summed E-state index contributed by atoms with van der Waals surface area (Å²) in [6.07, 6.45) is 7.36. The van der Waals surface area contributed by atoms with E-state index in [2.05, 4.69) is 20.3 Å². The predicted octanol–water partition coefficient (Wildman–Crippen LogP) is 1.75. The highest BCUT2D eigenvalue weighted by Gasteiger charge is 2.15. The second-order valence-corrected chi connectivity index (χ2v) is 6.14. The molecule has 2 aromatic rings. The van der Waals surface area contributed by atoms with Crippen LogP contribution in [0.4, 0.5) is 11.5 Å². The van der Waals surface area contributed by atoms with Crippen LogP contribution in [0.15, 0.2) is 53.3 Å². The summed E-state index contributed by atoms with van der Waals surface area (Å²) in [6, 6.07) is 5.81. The van der Waals surface area contributed by atoms with Gasteiger partial charge in [0.25, 0.3) is 0 Å². The normalized spacial score (nSPS) is 16.0. The number of aliphatic imine (C=N–C) groups is 1. The van der Waals surface area contributed by atoms with Crippen molar-refractivity contribution in [2.75, 3.05) is 32.5 Å². The summed E-state index contributed by atoms with van der Waals surface area (Å²) < 4.78 is 1.78. The minimum atomic E-state index is -0.127. The van der Waals surface area contributed by atoms with Crippen LogP contribution in [-0.4, -0.2) is 53.2 Å². The third kappa shape index (κ3) is 3.95. The molecule has 2 aromatic heterocycles. The number of nitrogens with one attached hydrogen (secondary N) is 1. The third-order valence-electron chi connectivity index (χ3n) is 3.82. The van der Waals surface area contributed by atoms with Crippen LogP contribution in [0.3, 0.4) is 0 Å². The molecule has 0 unspecified atom stereocenters. The highest BCUT2D eigenvalue weighted by molar-refractivity contribution is 6.20. The van der Waals surface area contributed by atoms with Gasteiger partial charge in [0, 0.05) is 18.8 Å². The Labute approximate surface area is 146 Å². The van der Waals surface area contributed by atoms with E-state index in [1.165, 1.54) is 12.2 Å². The molecule has 0 aromatic carbocycles. The Morgan fingerprint density at radius 1 is 1.32 bits per heavy atom. The van der Waals surface area contributed by atoms with Gasteiger partial charge in [-0.15, -0.1) is 5.10 Å². The quantitative estimate of drug-likeness (QED) is 0.619. The van der Waals surface area contributed by atoms with E-state index < -0.39 is 0 Å². The van der Waals surface area contributed by atoms with Gasteiger partial charge in [-0.25, -0.2) is 9.51 Å². The standard InChI is InChI=1S/C18H22N6O/c1-23(2)10-5-9-20-18-17(16-6-3-4-11-24(16)22-18)21-15-8-7-13(25)12-14(15)19/h3-4,6-8,11-12H,5,9-10,19H2,1-2H3,(H,20,22). The minimum absolute atomic E-state index is 0.127. The number of aromatic nitrogens is 2. The van der Waals surface area contributed by atoms with Gasteiger partial charge in [0.2, 0.25) is 0 Å². The van der Waals surface area contributed by atoms with E-state index in [1.54, 1.807) is 10.6 Å². The number of hydrogen-bond donors (Lipinski definition) is 2. The number of carbonyl (C=O) groups is 1. The molecule has 0 bridgehead atoms. The molecule has 0 aliphatic heterocycles. The first-order valence-electron chi connectivity index (χ1n) is 8.19. The monoisotopic (exact) mass is 338 g/mol. The number of fused-ring (bicyclic) bond motifs is 1. The van der Waals surface area contributed by atoms with Crippen LogP contribution < -0.4 is 11.1 Å². The molecule has 3 N–H and O–H groups in total. The maximum atomic E-state index is 11.4. The number of nitrogens with zero attached hydrogens (tertiary/aromatic N) is 4. The molecule has 2 heterocycles. The van der Waals surface area contributed by atoms with E-state index in [9.17, 15) is 4.79 Å². The summed E-state index contributed by atoms with van der Waals surface area (Å²) in [7, 11) is 4.10. The number of allylic oxidation sites excluding steroid dienone is 3. The number of anilines is 1. The molecular formula is C18H22N6O. The lowest BCUT2D eigenvalue weighted by molar-refractivity contribution is -0.110. The molecule has 1 aliphatic rings. The SMILES string of the molecule is CN(C)CCCNc1nn2ccccc2c1N=C1C=CC(=O)C=C1N. The number of ketones is 1. The first-order valence-corrected chi connectivity index (χ1v) is 8.19. The molecule has 0 radical (unpaired) electrons. The van der Waals surface area contributed by atoms with Crippen molar-refractivity contribution in [1.82, 2.24) is 14.5 Å². The van der Waals surface area contributed by atoms with Gasteiger partial charge in [-0.3, -0.25) is 4.79 Å². The fourth-order valence-electron chi connectivity index (χ4n) is 2.57. The van der Waals surface area contributed by atoms with E-state index in [-0.39, 0.29) is 5.78 Å². The van der Waals surface area contributed by atoms with Crippen molar-refractivity contribution in [3.8, 4) is 0 Å². The average Bonchev–Trinajstić information content (AvgIpc) is 2.92. The number of nitrogens with two attached hydrogens (primary N) is 1. The molecule has 0 spiro atoms. The smallest absolute Gasteiger partial charge is 0.180 e. The van der Waals surface area contributed by atoms with Crippen molar-refractivity contribution < 1.29 is 4.79 Å². The Bertz CT molecular complexity index is 875. The molecule has 1 aliphatic carbocycles. The number of carbonyl (C=O) groups excluding carboxylic acids is 1. The Morgan fingerprint density at radius 3 is 2.92 bits per heavy atom. The molecule has 130 valence electrons. The first kappa shape index (κ1) is 16.9. The summed E-state index contributed by atoms with van der Waals surface area (Å²) in [5, 5.41) is 7.92. The maximum Gasteiger partial charge on any atom is 0.180 e. The third-order valence-corrected chi connectivity index (χ3v) is 3.82.